The summed E-state index contributed by atoms with van der Waals surface area (Å²) in [7, 11) is 0. The minimum Gasteiger partial charge on any atom is -0.506 e. The minimum absolute atomic E-state index is 0.0191. The van der Waals surface area contributed by atoms with E-state index in [0.29, 0.717) is 34.1 Å². The van der Waals surface area contributed by atoms with Crippen molar-refractivity contribution in [2.75, 3.05) is 19.6 Å². The van der Waals surface area contributed by atoms with Crippen LogP contribution < -0.4 is 0 Å². The summed E-state index contributed by atoms with van der Waals surface area (Å²) >= 11 is 2.71. The summed E-state index contributed by atoms with van der Waals surface area (Å²) in [5.74, 6) is 0.0388. The molecule has 0 radical (unpaired) electrons. The summed E-state index contributed by atoms with van der Waals surface area (Å²) in [5.41, 5.74) is 5.11. The van der Waals surface area contributed by atoms with Crippen molar-refractivity contribution in [2.24, 2.45) is 4.99 Å². The van der Waals surface area contributed by atoms with Gasteiger partial charge in [-0.15, -0.1) is 22.7 Å². The Morgan fingerprint density at radius 2 is 1.74 bits per heavy atom. The van der Waals surface area contributed by atoms with Crippen LogP contribution in [0, 0.1) is 0 Å². The van der Waals surface area contributed by atoms with E-state index in [1.54, 1.807) is 17.0 Å². The number of carbonyl (C=O) groups excluding carboxylic acids is 2. The van der Waals surface area contributed by atoms with Gasteiger partial charge in [0.1, 0.15) is 12.3 Å². The van der Waals surface area contributed by atoms with Gasteiger partial charge in [-0.3, -0.25) is 14.6 Å². The van der Waals surface area contributed by atoms with Crippen LogP contribution in [0.15, 0.2) is 40.7 Å². The number of carbonyl (C=O) groups is 2. The first kappa shape index (κ1) is 24.4. The second-order valence-corrected chi connectivity index (χ2v) is 10.4. The van der Waals surface area contributed by atoms with E-state index in [-0.39, 0.29) is 24.0 Å². The van der Waals surface area contributed by atoms with Crippen molar-refractivity contribution < 1.29 is 14.7 Å². The van der Waals surface area contributed by atoms with Crippen molar-refractivity contribution in [3.05, 3.63) is 62.2 Å². The Morgan fingerprint density at radius 1 is 1.03 bits per heavy atom. The Labute approximate surface area is 208 Å². The molecule has 5 nitrogen and oxygen atoms in total. The molecule has 0 unspecified atom stereocenters. The molecule has 0 spiro atoms. The lowest BCUT2D eigenvalue weighted by molar-refractivity contribution is 0.0777. The highest BCUT2D eigenvalue weighted by atomic mass is 32.1. The first-order valence-electron chi connectivity index (χ1n) is 11.8. The number of ketones is 1. The van der Waals surface area contributed by atoms with Crippen LogP contribution in [-0.2, 0) is 12.8 Å². The summed E-state index contributed by atoms with van der Waals surface area (Å²) in [6.45, 7) is 6.95. The zero-order valence-electron chi connectivity index (χ0n) is 19.9. The number of aryl methyl sites for hydroxylation is 2. The highest BCUT2D eigenvalue weighted by Gasteiger charge is 2.19. The average Bonchev–Trinajstić information content (AvgIpc) is 3.50. The average molecular weight is 495 g/mol. The van der Waals surface area contributed by atoms with Crippen molar-refractivity contribution in [1.29, 1.82) is 0 Å². The van der Waals surface area contributed by atoms with E-state index in [1.807, 2.05) is 26.2 Å². The fraction of sp³-hybridized carbons (Fsp3) is 0.370. The van der Waals surface area contributed by atoms with E-state index in [0.717, 1.165) is 23.3 Å². The van der Waals surface area contributed by atoms with Crippen LogP contribution in [0.2, 0.25) is 0 Å². The number of benzene rings is 1. The van der Waals surface area contributed by atoms with E-state index in [1.165, 1.54) is 46.6 Å². The largest absolute Gasteiger partial charge is 0.506 e. The highest BCUT2D eigenvalue weighted by molar-refractivity contribution is 7.16. The second-order valence-electron chi connectivity index (χ2n) is 8.48. The standard InChI is InChI=1S/C27H30N2O3S2/c1-4-29(5-2)27(32)24-13-12-23(34-24)22(30)15-28-17(3)21-16-33-26(25(21)31)20-11-10-18-8-6-7-9-19(18)14-20/h10-14,16,31H,4-9,15H2,1-3H3. The molecule has 1 aliphatic carbocycles. The molecule has 7 heteroatoms. The van der Waals surface area contributed by atoms with Crippen molar-refractivity contribution in [1.82, 2.24) is 4.90 Å². The molecule has 3 aromatic rings. The minimum atomic E-state index is -0.132. The van der Waals surface area contributed by atoms with Crippen LogP contribution in [0.4, 0.5) is 0 Å². The maximum atomic E-state index is 12.7. The summed E-state index contributed by atoms with van der Waals surface area (Å²) in [6, 6.07) is 9.88. The van der Waals surface area contributed by atoms with Crippen LogP contribution in [0.5, 0.6) is 5.75 Å². The van der Waals surface area contributed by atoms with E-state index < -0.39 is 0 Å². The molecule has 0 bridgehead atoms. The molecular formula is C27H30N2O3S2. The van der Waals surface area contributed by atoms with Gasteiger partial charge in [-0.05, 0) is 81.3 Å². The molecule has 1 amide bonds. The third-order valence-electron chi connectivity index (χ3n) is 6.37. The number of aromatic hydroxyl groups is 1. The Hall–Kier alpha value is -2.77. The van der Waals surface area contributed by atoms with Crippen LogP contribution in [0.3, 0.4) is 0 Å². The van der Waals surface area contributed by atoms with E-state index >= 15 is 0 Å². The van der Waals surface area contributed by atoms with Gasteiger partial charge in [0.2, 0.25) is 0 Å². The predicted molar refractivity (Wildman–Crippen MR) is 141 cm³/mol. The van der Waals surface area contributed by atoms with Crippen molar-refractivity contribution in [2.45, 2.75) is 46.5 Å². The van der Waals surface area contributed by atoms with Gasteiger partial charge in [0.25, 0.3) is 5.91 Å². The van der Waals surface area contributed by atoms with Crippen molar-refractivity contribution >= 4 is 40.1 Å². The molecule has 178 valence electrons. The maximum Gasteiger partial charge on any atom is 0.263 e. The van der Waals surface area contributed by atoms with Crippen LogP contribution in [0.1, 0.15) is 69.6 Å². The number of rotatable bonds is 8. The number of nitrogens with zero attached hydrogens (tertiary/aromatic N) is 2. The molecule has 0 fully saturated rings. The lowest BCUT2D eigenvalue weighted by Crippen LogP contribution is -2.29. The second kappa shape index (κ2) is 10.7. The van der Waals surface area contributed by atoms with Crippen molar-refractivity contribution in [3.8, 4) is 16.2 Å². The zero-order chi connectivity index (χ0) is 24.2. The predicted octanol–water partition coefficient (Wildman–Crippen LogP) is 6.23. The Kier molecular flexibility index (Phi) is 7.63. The smallest absolute Gasteiger partial charge is 0.263 e. The van der Waals surface area contributed by atoms with Gasteiger partial charge >= 0.3 is 0 Å². The molecular weight excluding hydrogens is 464 g/mol. The first-order valence-corrected chi connectivity index (χ1v) is 13.5. The Morgan fingerprint density at radius 3 is 2.47 bits per heavy atom. The van der Waals surface area contributed by atoms with Crippen LogP contribution in [0.25, 0.3) is 10.4 Å². The third kappa shape index (κ3) is 5.00. The zero-order valence-corrected chi connectivity index (χ0v) is 21.5. The molecule has 1 aromatic carbocycles. The number of hydrogen-bond donors (Lipinski definition) is 1. The Balaban J connectivity index is 1.47. The van der Waals surface area contributed by atoms with E-state index in [9.17, 15) is 14.7 Å². The summed E-state index contributed by atoms with van der Waals surface area (Å²) < 4.78 is 0. The lowest BCUT2D eigenvalue weighted by Gasteiger charge is -2.17. The first-order chi connectivity index (χ1) is 16.4. The normalized spacial score (nSPS) is 13.6. The van der Waals surface area contributed by atoms with Gasteiger partial charge in [-0.25, -0.2) is 0 Å². The number of thiophene rings is 2. The number of Topliss-reactive ketones (excluding diaryl/α,β-unsaturated/α-hetero) is 1. The Bertz CT molecular complexity index is 1230. The number of amides is 1. The summed E-state index contributed by atoms with van der Waals surface area (Å²) in [5, 5.41) is 12.8. The maximum absolute atomic E-state index is 12.7. The molecule has 0 saturated carbocycles. The van der Waals surface area contributed by atoms with Gasteiger partial charge in [0.05, 0.1) is 14.6 Å². The quantitative estimate of drug-likeness (QED) is 0.298. The fourth-order valence-corrected chi connectivity index (χ4v) is 6.22. The summed E-state index contributed by atoms with van der Waals surface area (Å²) in [4.78, 5) is 33.3. The van der Waals surface area contributed by atoms with Crippen LogP contribution >= 0.6 is 22.7 Å². The highest BCUT2D eigenvalue weighted by Crippen LogP contribution is 2.40. The van der Waals surface area contributed by atoms with Crippen molar-refractivity contribution in [3.63, 3.8) is 0 Å². The SMILES string of the molecule is CCN(CC)C(=O)c1ccc(C(=O)CN=C(C)c2csc(-c3ccc4c(c3)CCCC4)c2O)s1. The number of hydrogen-bond acceptors (Lipinski definition) is 6. The summed E-state index contributed by atoms with van der Waals surface area (Å²) in [6.07, 6.45) is 4.68. The molecule has 0 aliphatic heterocycles. The molecule has 2 heterocycles. The molecule has 34 heavy (non-hydrogen) atoms. The lowest BCUT2D eigenvalue weighted by atomic mass is 9.90. The molecule has 2 aromatic heterocycles. The molecule has 0 atom stereocenters. The third-order valence-corrected chi connectivity index (χ3v) is 8.50. The molecule has 0 saturated heterocycles. The molecule has 1 aliphatic rings. The van der Waals surface area contributed by atoms with E-state index in [2.05, 4.69) is 23.2 Å². The topological polar surface area (TPSA) is 70.0 Å². The molecule has 4 rings (SSSR count). The van der Waals surface area contributed by atoms with Gasteiger partial charge < -0.3 is 10.0 Å². The van der Waals surface area contributed by atoms with Gasteiger partial charge in [0, 0.05) is 29.7 Å². The van der Waals surface area contributed by atoms with Gasteiger partial charge in [-0.1, -0.05) is 12.1 Å². The van der Waals surface area contributed by atoms with Crippen LogP contribution in [-0.4, -0.2) is 47.0 Å². The van der Waals surface area contributed by atoms with Gasteiger partial charge in [0.15, 0.2) is 5.78 Å². The van der Waals surface area contributed by atoms with Gasteiger partial charge in [-0.2, -0.15) is 0 Å². The molecule has 1 N–H and O–H groups in total. The fourth-order valence-electron chi connectivity index (χ4n) is 4.31. The number of aliphatic imine (C=N–C) groups is 1. The number of fused-ring (bicyclic) bond motifs is 1. The monoisotopic (exact) mass is 494 g/mol. The van der Waals surface area contributed by atoms with E-state index in [4.69, 9.17) is 0 Å².